The van der Waals surface area contributed by atoms with E-state index in [1.165, 1.54) is 6.33 Å². The molecular weight excluding hydrogens is 194 g/mol. The van der Waals surface area contributed by atoms with Gasteiger partial charge in [0.05, 0.1) is 5.56 Å². The molecule has 0 saturated heterocycles. The molecule has 0 fully saturated rings. The first-order chi connectivity index (χ1) is 7.25. The lowest BCUT2D eigenvalue weighted by atomic mass is 10.2. The smallest absolute Gasteiger partial charge is 0.261 e. The van der Waals surface area contributed by atoms with Gasteiger partial charge >= 0.3 is 0 Å². The third kappa shape index (κ3) is 2.35. The highest BCUT2D eigenvalue weighted by Crippen LogP contribution is 2.14. The maximum Gasteiger partial charge on any atom is 0.261 e. The normalized spacial score (nSPS) is 12.7. The van der Waals surface area contributed by atoms with E-state index in [1.807, 2.05) is 6.92 Å². The highest BCUT2D eigenvalue weighted by atomic mass is 16.5. The van der Waals surface area contributed by atoms with Gasteiger partial charge in [0.2, 0.25) is 0 Å². The predicted octanol–water partition coefficient (Wildman–Crippen LogP) is 0.416. The van der Waals surface area contributed by atoms with Crippen molar-refractivity contribution in [1.82, 2.24) is 20.1 Å². The standard InChI is InChI=1S/C9H11N5O/c1-6(10)2-8-13-9(15-14-8)7-3-11-5-12-4-7/h3-6H,2,10H2,1H3. The van der Waals surface area contributed by atoms with Crippen molar-refractivity contribution in [3.05, 3.63) is 24.5 Å². The summed E-state index contributed by atoms with van der Waals surface area (Å²) in [5.41, 5.74) is 6.34. The van der Waals surface area contributed by atoms with Crippen LogP contribution in [-0.2, 0) is 6.42 Å². The van der Waals surface area contributed by atoms with Crippen LogP contribution in [0.25, 0.3) is 11.5 Å². The van der Waals surface area contributed by atoms with E-state index in [1.54, 1.807) is 12.4 Å². The molecule has 6 nitrogen and oxygen atoms in total. The molecule has 0 aromatic carbocycles. The molecule has 1 atom stereocenters. The van der Waals surface area contributed by atoms with E-state index in [9.17, 15) is 0 Å². The molecule has 0 aliphatic rings. The topological polar surface area (TPSA) is 90.7 Å². The van der Waals surface area contributed by atoms with Crippen LogP contribution in [0.2, 0.25) is 0 Å². The third-order valence-corrected chi connectivity index (χ3v) is 1.78. The Hall–Kier alpha value is -1.82. The van der Waals surface area contributed by atoms with Crippen molar-refractivity contribution in [3.8, 4) is 11.5 Å². The lowest BCUT2D eigenvalue weighted by molar-refractivity contribution is 0.420. The first-order valence-electron chi connectivity index (χ1n) is 4.59. The molecule has 15 heavy (non-hydrogen) atoms. The van der Waals surface area contributed by atoms with E-state index >= 15 is 0 Å². The number of nitrogens with zero attached hydrogens (tertiary/aromatic N) is 4. The fourth-order valence-corrected chi connectivity index (χ4v) is 1.15. The molecule has 0 spiro atoms. The van der Waals surface area contributed by atoms with Crippen LogP contribution < -0.4 is 5.73 Å². The maximum atomic E-state index is 5.63. The summed E-state index contributed by atoms with van der Waals surface area (Å²) in [5, 5.41) is 3.81. The van der Waals surface area contributed by atoms with E-state index < -0.39 is 0 Å². The summed E-state index contributed by atoms with van der Waals surface area (Å²) in [5.74, 6) is 1.02. The molecule has 0 radical (unpaired) electrons. The van der Waals surface area contributed by atoms with E-state index in [0.717, 1.165) is 0 Å². The van der Waals surface area contributed by atoms with Crippen LogP contribution >= 0.6 is 0 Å². The van der Waals surface area contributed by atoms with Crippen LogP contribution in [0.4, 0.5) is 0 Å². The lowest BCUT2D eigenvalue weighted by Gasteiger charge is -1.96. The van der Waals surface area contributed by atoms with Crippen LogP contribution in [0.15, 0.2) is 23.2 Å². The molecule has 0 amide bonds. The van der Waals surface area contributed by atoms with Crippen molar-refractivity contribution in [1.29, 1.82) is 0 Å². The highest BCUT2D eigenvalue weighted by Gasteiger charge is 2.09. The Morgan fingerprint density at radius 3 is 2.80 bits per heavy atom. The second kappa shape index (κ2) is 4.14. The zero-order chi connectivity index (χ0) is 10.7. The van der Waals surface area contributed by atoms with Gasteiger partial charge in [0, 0.05) is 24.9 Å². The van der Waals surface area contributed by atoms with E-state index in [-0.39, 0.29) is 6.04 Å². The average Bonchev–Trinajstić information content (AvgIpc) is 2.67. The van der Waals surface area contributed by atoms with Crippen LogP contribution in [0, 0.1) is 0 Å². The molecular formula is C9H11N5O. The van der Waals surface area contributed by atoms with Gasteiger partial charge in [-0.3, -0.25) is 0 Å². The van der Waals surface area contributed by atoms with Crippen LogP contribution in [0.5, 0.6) is 0 Å². The van der Waals surface area contributed by atoms with Crippen molar-refractivity contribution in [3.63, 3.8) is 0 Å². The zero-order valence-corrected chi connectivity index (χ0v) is 8.29. The molecule has 0 saturated carbocycles. The summed E-state index contributed by atoms with van der Waals surface area (Å²) in [4.78, 5) is 11.9. The fourth-order valence-electron chi connectivity index (χ4n) is 1.15. The molecule has 2 rings (SSSR count). The van der Waals surface area contributed by atoms with Gasteiger partial charge in [0.15, 0.2) is 5.82 Å². The predicted molar refractivity (Wildman–Crippen MR) is 52.7 cm³/mol. The number of rotatable bonds is 3. The van der Waals surface area contributed by atoms with Crippen LogP contribution in [0.1, 0.15) is 12.7 Å². The van der Waals surface area contributed by atoms with Crippen molar-refractivity contribution < 1.29 is 4.52 Å². The average molecular weight is 205 g/mol. The molecule has 78 valence electrons. The quantitative estimate of drug-likeness (QED) is 0.780. The van der Waals surface area contributed by atoms with E-state index in [2.05, 4.69) is 20.1 Å². The van der Waals surface area contributed by atoms with Gasteiger partial charge in [-0.2, -0.15) is 4.98 Å². The van der Waals surface area contributed by atoms with Crippen molar-refractivity contribution in [2.75, 3.05) is 0 Å². The molecule has 1 unspecified atom stereocenters. The summed E-state index contributed by atoms with van der Waals surface area (Å²) in [7, 11) is 0. The molecule has 2 aromatic rings. The Kier molecular flexibility index (Phi) is 2.68. The fraction of sp³-hybridized carbons (Fsp3) is 0.333. The third-order valence-electron chi connectivity index (χ3n) is 1.78. The molecule has 0 aliphatic heterocycles. The van der Waals surface area contributed by atoms with Gasteiger partial charge in [-0.1, -0.05) is 5.16 Å². The maximum absolute atomic E-state index is 5.63. The van der Waals surface area contributed by atoms with Crippen LogP contribution in [-0.4, -0.2) is 26.2 Å². The van der Waals surface area contributed by atoms with E-state index in [0.29, 0.717) is 23.7 Å². The lowest BCUT2D eigenvalue weighted by Crippen LogP contribution is -2.18. The monoisotopic (exact) mass is 205 g/mol. The molecule has 2 aromatic heterocycles. The summed E-state index contributed by atoms with van der Waals surface area (Å²) in [6, 6.07) is 0.0162. The molecule has 2 N–H and O–H groups in total. The van der Waals surface area contributed by atoms with Gasteiger partial charge in [-0.25, -0.2) is 9.97 Å². The Bertz CT molecular complexity index is 425. The Morgan fingerprint density at radius 1 is 1.40 bits per heavy atom. The summed E-state index contributed by atoms with van der Waals surface area (Å²) in [6.45, 7) is 1.89. The Balaban J connectivity index is 2.21. The van der Waals surface area contributed by atoms with Crippen molar-refractivity contribution >= 4 is 0 Å². The molecule has 0 aliphatic carbocycles. The summed E-state index contributed by atoms with van der Waals surface area (Å²) >= 11 is 0. The minimum absolute atomic E-state index is 0.0162. The number of aromatic nitrogens is 4. The molecule has 2 heterocycles. The first-order valence-corrected chi connectivity index (χ1v) is 4.59. The number of hydrogen-bond acceptors (Lipinski definition) is 6. The zero-order valence-electron chi connectivity index (χ0n) is 8.29. The highest BCUT2D eigenvalue weighted by molar-refractivity contribution is 5.48. The van der Waals surface area contributed by atoms with Crippen molar-refractivity contribution in [2.24, 2.45) is 5.73 Å². The second-order valence-corrected chi connectivity index (χ2v) is 3.32. The first kappa shape index (κ1) is 9.72. The number of hydrogen-bond donors (Lipinski definition) is 1. The van der Waals surface area contributed by atoms with Crippen LogP contribution in [0.3, 0.4) is 0 Å². The largest absolute Gasteiger partial charge is 0.334 e. The van der Waals surface area contributed by atoms with Gasteiger partial charge in [0.1, 0.15) is 6.33 Å². The Labute approximate surface area is 86.5 Å². The van der Waals surface area contributed by atoms with Gasteiger partial charge < -0.3 is 10.3 Å². The Morgan fingerprint density at radius 2 is 2.13 bits per heavy atom. The van der Waals surface area contributed by atoms with Gasteiger partial charge in [0.25, 0.3) is 5.89 Å². The van der Waals surface area contributed by atoms with Gasteiger partial charge in [-0.05, 0) is 6.92 Å². The second-order valence-electron chi connectivity index (χ2n) is 3.32. The SMILES string of the molecule is CC(N)Cc1noc(-c2cncnc2)n1. The van der Waals surface area contributed by atoms with Crippen molar-refractivity contribution in [2.45, 2.75) is 19.4 Å². The minimum atomic E-state index is 0.0162. The number of nitrogens with two attached hydrogens (primary N) is 1. The summed E-state index contributed by atoms with van der Waals surface area (Å²) < 4.78 is 5.05. The minimum Gasteiger partial charge on any atom is -0.334 e. The van der Waals surface area contributed by atoms with E-state index in [4.69, 9.17) is 10.3 Å². The van der Waals surface area contributed by atoms with Gasteiger partial charge in [-0.15, -0.1) is 0 Å². The molecule has 6 heteroatoms. The molecule has 0 bridgehead atoms. The summed E-state index contributed by atoms with van der Waals surface area (Å²) in [6.07, 6.45) is 5.28.